The second kappa shape index (κ2) is 7.93. The zero-order valence-corrected chi connectivity index (χ0v) is 15.8. The molecule has 1 N–H and O–H groups in total. The highest BCUT2D eigenvalue weighted by Gasteiger charge is 2.22. The number of aromatic nitrogens is 4. The molecule has 1 aliphatic heterocycles. The maximum Gasteiger partial charge on any atom is 0.226 e. The van der Waals surface area contributed by atoms with Crippen LogP contribution in [0.3, 0.4) is 0 Å². The lowest BCUT2D eigenvalue weighted by Gasteiger charge is -2.27. The number of carbonyl (C=O) groups is 1. The van der Waals surface area contributed by atoms with Gasteiger partial charge in [0.05, 0.1) is 31.1 Å². The molecule has 0 fully saturated rings. The second-order valence-electron chi connectivity index (χ2n) is 7.00. The van der Waals surface area contributed by atoms with Crippen molar-refractivity contribution in [2.24, 2.45) is 0 Å². The van der Waals surface area contributed by atoms with E-state index in [-0.39, 0.29) is 12.5 Å². The first-order valence-electron chi connectivity index (χ1n) is 9.47. The Hall–Kier alpha value is -3.00. The largest absolute Gasteiger partial charge is 0.390 e. The first-order valence-corrected chi connectivity index (χ1v) is 9.47. The molecule has 0 radical (unpaired) electrons. The molecule has 0 saturated carbocycles. The molecule has 0 unspecified atom stereocenters. The van der Waals surface area contributed by atoms with Crippen molar-refractivity contribution >= 4 is 5.91 Å². The Morgan fingerprint density at radius 1 is 1.29 bits per heavy atom. The molecule has 0 bridgehead atoms. The van der Waals surface area contributed by atoms with E-state index in [2.05, 4.69) is 15.2 Å². The van der Waals surface area contributed by atoms with E-state index >= 15 is 0 Å². The first kappa shape index (κ1) is 18.4. The number of carbonyl (C=O) groups excluding carboxylic acids is 1. The van der Waals surface area contributed by atoms with Crippen molar-refractivity contribution in [3.63, 3.8) is 0 Å². The molecule has 0 aliphatic carbocycles. The monoisotopic (exact) mass is 381 g/mol. The van der Waals surface area contributed by atoms with E-state index in [1.165, 1.54) is 0 Å². The Balaban J connectivity index is 1.30. The number of hydrogen-bond donors (Lipinski definition) is 1. The van der Waals surface area contributed by atoms with Gasteiger partial charge in [0, 0.05) is 24.9 Å². The van der Waals surface area contributed by atoms with Crippen LogP contribution in [0.25, 0.3) is 11.4 Å². The lowest BCUT2D eigenvalue weighted by molar-refractivity contribution is -0.132. The fraction of sp³-hybridized carbons (Fsp3) is 0.400. The number of nitrogens with zero attached hydrogens (tertiary/aromatic N) is 5. The maximum atomic E-state index is 12.5. The average molecular weight is 381 g/mol. The normalized spacial score (nSPS) is 13.6. The minimum Gasteiger partial charge on any atom is -0.390 e. The van der Waals surface area contributed by atoms with E-state index in [0.29, 0.717) is 56.3 Å². The van der Waals surface area contributed by atoms with Crippen LogP contribution >= 0.6 is 0 Å². The summed E-state index contributed by atoms with van der Waals surface area (Å²) in [5, 5.41) is 17.6. The van der Waals surface area contributed by atoms with Crippen LogP contribution in [0.1, 0.15) is 35.7 Å². The summed E-state index contributed by atoms with van der Waals surface area (Å²) in [5.41, 5.74) is 3.66. The van der Waals surface area contributed by atoms with E-state index in [1.54, 1.807) is 0 Å². The van der Waals surface area contributed by atoms with Gasteiger partial charge >= 0.3 is 0 Å². The highest BCUT2D eigenvalue weighted by molar-refractivity contribution is 5.76. The van der Waals surface area contributed by atoms with Crippen LogP contribution in [0, 0.1) is 6.92 Å². The molecule has 4 rings (SSSR count). The molecule has 0 atom stereocenters. The second-order valence-corrected chi connectivity index (χ2v) is 7.00. The molecule has 8 nitrogen and oxygen atoms in total. The van der Waals surface area contributed by atoms with Crippen molar-refractivity contribution in [2.45, 2.75) is 45.9 Å². The summed E-state index contributed by atoms with van der Waals surface area (Å²) in [5.74, 6) is 1.25. The van der Waals surface area contributed by atoms with Gasteiger partial charge in [0.2, 0.25) is 17.6 Å². The van der Waals surface area contributed by atoms with Crippen molar-refractivity contribution in [3.8, 4) is 11.4 Å². The van der Waals surface area contributed by atoms with Crippen molar-refractivity contribution in [3.05, 3.63) is 53.2 Å². The van der Waals surface area contributed by atoms with Gasteiger partial charge in [0.15, 0.2) is 0 Å². The predicted octanol–water partition coefficient (Wildman–Crippen LogP) is 2.10. The predicted molar refractivity (Wildman–Crippen MR) is 101 cm³/mol. The lowest BCUT2D eigenvalue weighted by atomic mass is 10.1. The minimum atomic E-state index is -0.0807. The number of amides is 1. The summed E-state index contributed by atoms with van der Waals surface area (Å²) in [7, 11) is 0. The molecule has 1 aliphatic rings. The van der Waals surface area contributed by atoms with Gasteiger partial charge in [0.25, 0.3) is 0 Å². The zero-order valence-electron chi connectivity index (χ0n) is 15.8. The van der Waals surface area contributed by atoms with Crippen LogP contribution in [0.4, 0.5) is 0 Å². The molecule has 3 heterocycles. The molecule has 1 amide bonds. The summed E-state index contributed by atoms with van der Waals surface area (Å²) < 4.78 is 7.20. The van der Waals surface area contributed by atoms with E-state index in [1.807, 2.05) is 46.8 Å². The molecule has 1 aromatic carbocycles. The summed E-state index contributed by atoms with van der Waals surface area (Å²) in [6.07, 6.45) is 1.67. The molecule has 8 heteroatoms. The molecule has 2 aromatic heterocycles. The number of aryl methyl sites for hydroxylation is 2. The van der Waals surface area contributed by atoms with Crippen molar-refractivity contribution in [1.29, 1.82) is 0 Å². The maximum absolute atomic E-state index is 12.5. The van der Waals surface area contributed by atoms with E-state index in [0.717, 1.165) is 16.8 Å². The number of aliphatic hydroxyl groups excluding tert-OH is 1. The van der Waals surface area contributed by atoms with Crippen molar-refractivity contribution in [1.82, 2.24) is 24.8 Å². The van der Waals surface area contributed by atoms with Gasteiger partial charge in [-0.2, -0.15) is 10.1 Å². The summed E-state index contributed by atoms with van der Waals surface area (Å²) >= 11 is 0. The summed E-state index contributed by atoms with van der Waals surface area (Å²) in [4.78, 5) is 18.8. The van der Waals surface area contributed by atoms with Crippen LogP contribution in [0.5, 0.6) is 0 Å². The SMILES string of the molecule is Cc1ccccc1-c1noc(CCCC(=O)N2CCn3nc(CO)cc3C2)n1. The highest BCUT2D eigenvalue weighted by Crippen LogP contribution is 2.20. The summed E-state index contributed by atoms with van der Waals surface area (Å²) in [6.45, 7) is 3.76. The molecule has 146 valence electrons. The van der Waals surface area contributed by atoms with Gasteiger partial charge in [-0.25, -0.2) is 0 Å². The van der Waals surface area contributed by atoms with Gasteiger partial charge in [0.1, 0.15) is 0 Å². The van der Waals surface area contributed by atoms with Crippen molar-refractivity contribution in [2.75, 3.05) is 6.54 Å². The molecular weight excluding hydrogens is 358 g/mol. The van der Waals surface area contributed by atoms with Crippen molar-refractivity contribution < 1.29 is 14.4 Å². The number of aliphatic hydroxyl groups is 1. The molecule has 0 saturated heterocycles. The Kier molecular flexibility index (Phi) is 5.21. The van der Waals surface area contributed by atoms with Gasteiger partial charge in [-0.05, 0) is 25.0 Å². The smallest absolute Gasteiger partial charge is 0.226 e. The Morgan fingerprint density at radius 2 is 2.14 bits per heavy atom. The topological polar surface area (TPSA) is 97.3 Å². The third kappa shape index (κ3) is 3.82. The number of hydrogen-bond acceptors (Lipinski definition) is 6. The first-order chi connectivity index (χ1) is 13.6. The Labute approximate surface area is 162 Å². The van der Waals surface area contributed by atoms with Gasteiger partial charge < -0.3 is 14.5 Å². The third-order valence-electron chi connectivity index (χ3n) is 5.00. The minimum absolute atomic E-state index is 0.0807. The molecular formula is C20H23N5O3. The standard InChI is InChI=1S/C20H23N5O3/c1-14-5-2-3-6-17(14)20-21-18(28-23-20)7-4-8-19(27)24-9-10-25-16(12-24)11-15(13-26)22-25/h2-3,5-6,11,26H,4,7-10,12-13H2,1H3. The zero-order chi connectivity index (χ0) is 19.5. The number of fused-ring (bicyclic) bond motifs is 1. The molecule has 0 spiro atoms. The lowest BCUT2D eigenvalue weighted by Crippen LogP contribution is -2.38. The van der Waals surface area contributed by atoms with Crippen LogP contribution in [0.15, 0.2) is 34.9 Å². The van der Waals surface area contributed by atoms with Gasteiger partial charge in [-0.15, -0.1) is 0 Å². The number of rotatable bonds is 6. The van der Waals surface area contributed by atoms with Crippen LogP contribution in [-0.4, -0.2) is 42.4 Å². The van der Waals surface area contributed by atoms with Crippen LogP contribution in [0.2, 0.25) is 0 Å². The molecule has 3 aromatic rings. The fourth-order valence-electron chi connectivity index (χ4n) is 3.45. The van der Waals surface area contributed by atoms with Crippen LogP contribution in [-0.2, 0) is 30.9 Å². The van der Waals surface area contributed by atoms with Gasteiger partial charge in [-0.3, -0.25) is 9.48 Å². The Bertz CT molecular complexity index is 978. The van der Waals surface area contributed by atoms with E-state index in [9.17, 15) is 9.90 Å². The van der Waals surface area contributed by atoms with E-state index in [4.69, 9.17) is 4.52 Å². The van der Waals surface area contributed by atoms with E-state index < -0.39 is 0 Å². The summed E-state index contributed by atoms with van der Waals surface area (Å²) in [6, 6.07) is 9.76. The van der Waals surface area contributed by atoms with Crippen LogP contribution < -0.4 is 0 Å². The fourth-order valence-corrected chi connectivity index (χ4v) is 3.45. The quantitative estimate of drug-likeness (QED) is 0.702. The Morgan fingerprint density at radius 3 is 2.96 bits per heavy atom. The average Bonchev–Trinajstić information content (AvgIpc) is 3.34. The highest BCUT2D eigenvalue weighted by atomic mass is 16.5. The van der Waals surface area contributed by atoms with Gasteiger partial charge in [-0.1, -0.05) is 29.4 Å². The number of benzene rings is 1. The third-order valence-corrected chi connectivity index (χ3v) is 5.00. The molecule has 28 heavy (non-hydrogen) atoms.